The number of nitriles is 1. The Hall–Kier alpha value is -3.37. The molecular weight excluding hydrogens is 370 g/mol. The van der Waals surface area contributed by atoms with Crippen molar-refractivity contribution in [3.63, 3.8) is 0 Å². The maximum absolute atomic E-state index is 12.1. The summed E-state index contributed by atoms with van der Waals surface area (Å²) in [5, 5.41) is 14.3. The van der Waals surface area contributed by atoms with E-state index in [4.69, 9.17) is 21.6 Å². The number of hydrogen-bond donors (Lipinski definition) is 2. The molecule has 0 fully saturated rings. The molecule has 7 nitrogen and oxygen atoms in total. The van der Waals surface area contributed by atoms with Gasteiger partial charge in [-0.1, -0.05) is 17.7 Å². The first kappa shape index (κ1) is 19.9. The zero-order valence-corrected chi connectivity index (χ0v) is 15.1. The number of nitrogens with zero attached hydrogens (tertiary/aromatic N) is 1. The van der Waals surface area contributed by atoms with E-state index in [1.807, 2.05) is 6.07 Å². The number of esters is 1. The number of halogens is 1. The Balaban J connectivity index is 1.82. The molecule has 2 amide bonds. The van der Waals surface area contributed by atoms with Crippen LogP contribution in [0.5, 0.6) is 0 Å². The smallest absolute Gasteiger partial charge is 0.326 e. The Morgan fingerprint density at radius 2 is 1.89 bits per heavy atom. The summed E-state index contributed by atoms with van der Waals surface area (Å²) in [5.74, 6) is -1.78. The van der Waals surface area contributed by atoms with E-state index in [0.29, 0.717) is 21.8 Å². The predicted molar refractivity (Wildman–Crippen MR) is 99.1 cm³/mol. The number of carbonyl (C=O) groups excluding carboxylic acids is 3. The van der Waals surface area contributed by atoms with Crippen LogP contribution in [0.2, 0.25) is 5.02 Å². The van der Waals surface area contributed by atoms with Crippen molar-refractivity contribution in [3.8, 4) is 6.07 Å². The molecule has 8 heteroatoms. The van der Waals surface area contributed by atoms with Gasteiger partial charge in [0.05, 0.1) is 11.6 Å². The molecule has 0 aromatic heterocycles. The molecule has 0 aliphatic carbocycles. The van der Waals surface area contributed by atoms with Crippen LogP contribution in [-0.2, 0) is 14.3 Å². The maximum atomic E-state index is 12.1. The zero-order chi connectivity index (χ0) is 19.8. The molecule has 0 bridgehead atoms. The Labute approximate surface area is 160 Å². The van der Waals surface area contributed by atoms with E-state index in [2.05, 4.69) is 10.6 Å². The quantitative estimate of drug-likeness (QED) is 0.743. The van der Waals surface area contributed by atoms with E-state index in [-0.39, 0.29) is 6.54 Å². The molecule has 0 saturated carbocycles. The minimum absolute atomic E-state index is 0.343. The van der Waals surface area contributed by atoms with Crippen molar-refractivity contribution in [2.75, 3.05) is 11.9 Å². The first-order valence-electron chi connectivity index (χ1n) is 7.93. The molecule has 2 aromatic rings. The molecule has 0 heterocycles. The lowest BCUT2D eigenvalue weighted by molar-refractivity contribution is -0.152. The van der Waals surface area contributed by atoms with Crippen molar-refractivity contribution in [1.82, 2.24) is 5.32 Å². The highest BCUT2D eigenvalue weighted by atomic mass is 35.5. The Kier molecular flexibility index (Phi) is 6.92. The van der Waals surface area contributed by atoms with Crippen molar-refractivity contribution in [2.45, 2.75) is 13.0 Å². The second kappa shape index (κ2) is 9.36. The van der Waals surface area contributed by atoms with Crippen molar-refractivity contribution in [2.24, 2.45) is 0 Å². The van der Waals surface area contributed by atoms with Gasteiger partial charge in [-0.25, -0.2) is 0 Å². The van der Waals surface area contributed by atoms with Crippen molar-refractivity contribution < 1.29 is 19.1 Å². The zero-order valence-electron chi connectivity index (χ0n) is 14.4. The van der Waals surface area contributed by atoms with Gasteiger partial charge in [0.1, 0.15) is 6.54 Å². The van der Waals surface area contributed by atoms with Gasteiger partial charge in [0.15, 0.2) is 6.10 Å². The lowest BCUT2D eigenvalue weighted by atomic mass is 10.2. The molecule has 2 rings (SSSR count). The Morgan fingerprint density at radius 3 is 2.56 bits per heavy atom. The van der Waals surface area contributed by atoms with E-state index in [1.165, 1.54) is 25.1 Å². The lowest BCUT2D eigenvalue weighted by Gasteiger charge is -2.14. The number of anilines is 1. The van der Waals surface area contributed by atoms with Crippen LogP contribution in [0, 0.1) is 11.3 Å². The molecule has 0 unspecified atom stereocenters. The summed E-state index contributed by atoms with van der Waals surface area (Å²) in [7, 11) is 0. The van der Waals surface area contributed by atoms with Crippen LogP contribution in [0.25, 0.3) is 0 Å². The first-order valence-corrected chi connectivity index (χ1v) is 8.31. The fraction of sp³-hybridized carbons (Fsp3) is 0.158. The summed E-state index contributed by atoms with van der Waals surface area (Å²) in [5.41, 5.74) is 1.15. The Morgan fingerprint density at radius 1 is 1.19 bits per heavy atom. The second-order valence-corrected chi connectivity index (χ2v) is 5.94. The SMILES string of the molecule is C[C@H](OC(=O)CNC(=O)c1ccc(Cl)cc1)C(=O)Nc1cccc(C#N)c1. The number of rotatable bonds is 6. The fourth-order valence-electron chi connectivity index (χ4n) is 2.06. The van der Waals surface area contributed by atoms with Gasteiger partial charge in [-0.05, 0) is 49.4 Å². The van der Waals surface area contributed by atoms with Gasteiger partial charge in [0, 0.05) is 16.3 Å². The van der Waals surface area contributed by atoms with Crippen molar-refractivity contribution >= 4 is 35.1 Å². The van der Waals surface area contributed by atoms with Gasteiger partial charge in [-0.15, -0.1) is 0 Å². The van der Waals surface area contributed by atoms with Gasteiger partial charge < -0.3 is 15.4 Å². The summed E-state index contributed by atoms with van der Waals surface area (Å²) in [6, 6.07) is 14.5. The van der Waals surface area contributed by atoms with Crippen LogP contribution in [0.15, 0.2) is 48.5 Å². The van der Waals surface area contributed by atoms with Crippen molar-refractivity contribution in [1.29, 1.82) is 5.26 Å². The molecule has 2 N–H and O–H groups in total. The van der Waals surface area contributed by atoms with Gasteiger partial charge in [0.2, 0.25) is 0 Å². The molecule has 2 aromatic carbocycles. The molecular formula is C19H16ClN3O4. The molecule has 27 heavy (non-hydrogen) atoms. The normalized spacial score (nSPS) is 11.0. The number of amides is 2. The van der Waals surface area contributed by atoms with E-state index in [9.17, 15) is 14.4 Å². The van der Waals surface area contributed by atoms with Gasteiger partial charge in [-0.2, -0.15) is 5.26 Å². The van der Waals surface area contributed by atoms with Crippen molar-refractivity contribution in [3.05, 3.63) is 64.7 Å². The summed E-state index contributed by atoms with van der Waals surface area (Å²) in [4.78, 5) is 35.8. The lowest BCUT2D eigenvalue weighted by Crippen LogP contribution is -2.35. The van der Waals surface area contributed by atoms with E-state index in [0.717, 1.165) is 0 Å². The monoisotopic (exact) mass is 385 g/mol. The third-order valence-corrected chi connectivity index (χ3v) is 3.69. The molecule has 1 atom stereocenters. The first-order chi connectivity index (χ1) is 12.9. The average molecular weight is 386 g/mol. The van der Waals surface area contributed by atoms with Crippen LogP contribution >= 0.6 is 11.6 Å². The topological polar surface area (TPSA) is 108 Å². The second-order valence-electron chi connectivity index (χ2n) is 5.50. The molecule has 0 saturated heterocycles. The summed E-state index contributed by atoms with van der Waals surface area (Å²) < 4.78 is 4.99. The van der Waals surface area contributed by atoms with E-state index in [1.54, 1.807) is 30.3 Å². The highest BCUT2D eigenvalue weighted by Crippen LogP contribution is 2.11. The van der Waals surface area contributed by atoms with Gasteiger partial charge >= 0.3 is 5.97 Å². The maximum Gasteiger partial charge on any atom is 0.326 e. The van der Waals surface area contributed by atoms with Crippen LogP contribution in [0.1, 0.15) is 22.8 Å². The van der Waals surface area contributed by atoms with Gasteiger partial charge in [-0.3, -0.25) is 14.4 Å². The minimum atomic E-state index is -1.07. The summed E-state index contributed by atoms with van der Waals surface area (Å²) in [6.07, 6.45) is -1.07. The summed E-state index contributed by atoms with van der Waals surface area (Å²) >= 11 is 5.75. The van der Waals surface area contributed by atoms with Gasteiger partial charge in [0.25, 0.3) is 11.8 Å². The van der Waals surface area contributed by atoms with Crippen LogP contribution < -0.4 is 10.6 Å². The van der Waals surface area contributed by atoms with Crippen LogP contribution in [0.3, 0.4) is 0 Å². The molecule has 0 aliphatic rings. The number of carbonyl (C=O) groups is 3. The highest BCUT2D eigenvalue weighted by molar-refractivity contribution is 6.30. The predicted octanol–water partition coefficient (Wildman–Crippen LogP) is 2.51. The molecule has 138 valence electrons. The number of nitrogens with one attached hydrogen (secondary N) is 2. The van der Waals surface area contributed by atoms with Crippen LogP contribution in [-0.4, -0.2) is 30.4 Å². The van der Waals surface area contributed by atoms with E-state index >= 15 is 0 Å². The molecule has 0 spiro atoms. The number of benzene rings is 2. The molecule has 0 radical (unpaired) electrons. The largest absolute Gasteiger partial charge is 0.451 e. The number of ether oxygens (including phenoxy) is 1. The third kappa shape index (κ3) is 6.13. The molecule has 0 aliphatic heterocycles. The van der Waals surface area contributed by atoms with Crippen LogP contribution in [0.4, 0.5) is 5.69 Å². The highest BCUT2D eigenvalue weighted by Gasteiger charge is 2.18. The summed E-state index contributed by atoms with van der Waals surface area (Å²) in [6.45, 7) is 1.02. The standard InChI is InChI=1S/C19H16ClN3O4/c1-12(18(25)23-16-4-2-3-13(9-16)10-21)27-17(24)11-22-19(26)14-5-7-15(20)8-6-14/h2-9,12H,11H2,1H3,(H,22,26)(H,23,25)/t12-/m0/s1. The Bertz CT molecular complexity index is 891. The van der Waals surface area contributed by atoms with E-state index < -0.39 is 23.9 Å². The average Bonchev–Trinajstić information content (AvgIpc) is 2.66. The third-order valence-electron chi connectivity index (χ3n) is 3.44. The fourth-order valence-corrected chi connectivity index (χ4v) is 2.18. The minimum Gasteiger partial charge on any atom is -0.451 e. The number of hydrogen-bond acceptors (Lipinski definition) is 5.